The summed E-state index contributed by atoms with van der Waals surface area (Å²) in [6.07, 6.45) is 1.43. The van der Waals surface area contributed by atoms with Crippen LogP contribution >= 0.6 is 0 Å². The summed E-state index contributed by atoms with van der Waals surface area (Å²) in [6.45, 7) is 20.9. The van der Waals surface area contributed by atoms with Gasteiger partial charge in [0, 0.05) is 37.5 Å². The van der Waals surface area contributed by atoms with E-state index in [4.69, 9.17) is 4.74 Å². The summed E-state index contributed by atoms with van der Waals surface area (Å²) in [5.74, 6) is 0.122. The molecule has 4 rings (SSSR count). The zero-order valence-corrected chi connectivity index (χ0v) is 28.3. The van der Waals surface area contributed by atoms with Crippen molar-refractivity contribution in [2.75, 3.05) is 13.1 Å². The van der Waals surface area contributed by atoms with E-state index in [0.29, 0.717) is 19.5 Å². The molecule has 1 saturated carbocycles. The van der Waals surface area contributed by atoms with Crippen molar-refractivity contribution in [3.8, 4) is 0 Å². The molecule has 4 unspecified atom stereocenters. The molecule has 7 heteroatoms. The van der Waals surface area contributed by atoms with Crippen molar-refractivity contribution in [1.82, 2.24) is 16.0 Å². The zero-order valence-electron chi connectivity index (χ0n) is 28.3. The van der Waals surface area contributed by atoms with Crippen LogP contribution in [0.2, 0.25) is 0 Å². The summed E-state index contributed by atoms with van der Waals surface area (Å²) in [7, 11) is 0. The zero-order chi connectivity index (χ0) is 32.5. The highest BCUT2D eigenvalue weighted by Crippen LogP contribution is 2.46. The molecule has 4 N–H and O–H groups in total. The maximum absolute atomic E-state index is 13.0. The van der Waals surface area contributed by atoms with Gasteiger partial charge in [-0.3, -0.25) is 0 Å². The molecule has 0 spiro atoms. The Morgan fingerprint density at radius 3 is 1.91 bits per heavy atom. The summed E-state index contributed by atoms with van der Waals surface area (Å²) in [5, 5.41) is 18.6. The van der Waals surface area contributed by atoms with Crippen molar-refractivity contribution in [2.45, 2.75) is 123 Å². The summed E-state index contributed by atoms with van der Waals surface area (Å²) in [4.78, 5) is 24.3. The lowest BCUT2D eigenvalue weighted by atomic mass is 9.62. The first kappa shape index (κ1) is 33.8. The fourth-order valence-corrected chi connectivity index (χ4v) is 7.64. The number of benzene rings is 2. The normalized spacial score (nSPS) is 25.5. The molecule has 1 heterocycles. The highest BCUT2D eigenvalue weighted by molar-refractivity contribution is 5.67. The molecule has 2 aromatic carbocycles. The van der Waals surface area contributed by atoms with E-state index in [1.807, 2.05) is 0 Å². The van der Waals surface area contributed by atoms with Gasteiger partial charge < -0.3 is 25.8 Å². The van der Waals surface area contributed by atoms with Crippen LogP contribution in [0.1, 0.15) is 116 Å². The molecular formula is C37H55N3O4. The van der Waals surface area contributed by atoms with Gasteiger partial charge in [-0.15, -0.1) is 0 Å². The number of alkyl carbamates (subject to hydrolysis) is 1. The molecule has 1 aliphatic carbocycles. The summed E-state index contributed by atoms with van der Waals surface area (Å²) in [5.41, 5.74) is 5.02. The minimum atomic E-state index is -1.00. The molecule has 0 radical (unpaired) electrons. The van der Waals surface area contributed by atoms with Crippen LogP contribution in [0, 0.1) is 10.8 Å². The lowest BCUT2D eigenvalue weighted by molar-refractivity contribution is 0.0615. The Kier molecular flexibility index (Phi) is 9.80. The van der Waals surface area contributed by atoms with E-state index in [-0.39, 0.29) is 45.8 Å². The number of carbonyl (C=O) groups excluding carboxylic acids is 1. The van der Waals surface area contributed by atoms with Crippen LogP contribution in [0.4, 0.5) is 9.59 Å². The van der Waals surface area contributed by atoms with E-state index in [9.17, 15) is 14.7 Å². The van der Waals surface area contributed by atoms with Gasteiger partial charge in [-0.25, -0.2) is 9.59 Å². The second kappa shape index (κ2) is 12.7. The van der Waals surface area contributed by atoms with Crippen molar-refractivity contribution in [1.29, 1.82) is 0 Å². The molecule has 0 aromatic heterocycles. The number of rotatable bonds is 7. The molecule has 7 nitrogen and oxygen atoms in total. The van der Waals surface area contributed by atoms with Crippen LogP contribution in [0.5, 0.6) is 0 Å². The predicted molar refractivity (Wildman–Crippen MR) is 177 cm³/mol. The summed E-state index contributed by atoms with van der Waals surface area (Å²) < 4.78 is 5.95. The monoisotopic (exact) mass is 605 g/mol. The lowest BCUT2D eigenvalue weighted by Crippen LogP contribution is -2.50. The SMILES string of the molecule is CC1(C)CC(NC(=O)O)CC(C)(CNC(=O)OC2CNC(C(c3ccc(C(C)(C)C)cc3)c3ccc(C(C)(C)C)cc3)C2)C1. The molecule has 0 bridgehead atoms. The van der Waals surface area contributed by atoms with Crippen LogP contribution in [0.3, 0.4) is 0 Å². The molecule has 1 saturated heterocycles. The van der Waals surface area contributed by atoms with Gasteiger partial charge in [-0.2, -0.15) is 0 Å². The Bertz CT molecular complexity index is 1230. The quantitative estimate of drug-likeness (QED) is 0.259. The number of hydrogen-bond donors (Lipinski definition) is 4. The van der Waals surface area contributed by atoms with Crippen LogP contribution in [0.15, 0.2) is 48.5 Å². The highest BCUT2D eigenvalue weighted by Gasteiger charge is 2.42. The number of ether oxygens (including phenoxy) is 1. The number of carboxylic acid groups (broad SMARTS) is 1. The van der Waals surface area contributed by atoms with Crippen molar-refractivity contribution < 1.29 is 19.4 Å². The third kappa shape index (κ3) is 8.77. The van der Waals surface area contributed by atoms with E-state index in [1.54, 1.807) is 0 Å². The van der Waals surface area contributed by atoms with Crippen LogP contribution in [0.25, 0.3) is 0 Å². The number of amides is 2. The first-order valence-corrected chi connectivity index (χ1v) is 16.2. The van der Waals surface area contributed by atoms with Gasteiger partial charge in [0.15, 0.2) is 0 Å². The second-order valence-corrected chi connectivity index (χ2v) is 16.6. The third-order valence-corrected chi connectivity index (χ3v) is 9.50. The molecule has 2 fully saturated rings. The predicted octanol–water partition coefficient (Wildman–Crippen LogP) is 7.72. The minimum Gasteiger partial charge on any atom is -0.465 e. The van der Waals surface area contributed by atoms with Crippen molar-refractivity contribution in [3.63, 3.8) is 0 Å². The van der Waals surface area contributed by atoms with Crippen LogP contribution in [-0.2, 0) is 15.6 Å². The fraction of sp³-hybridized carbons (Fsp3) is 0.622. The van der Waals surface area contributed by atoms with Gasteiger partial charge in [0.05, 0.1) is 0 Å². The lowest BCUT2D eigenvalue weighted by Gasteiger charge is -2.46. The topological polar surface area (TPSA) is 99.7 Å². The van der Waals surface area contributed by atoms with Gasteiger partial charge in [-0.1, -0.05) is 111 Å². The van der Waals surface area contributed by atoms with Crippen LogP contribution < -0.4 is 16.0 Å². The van der Waals surface area contributed by atoms with Crippen molar-refractivity contribution in [3.05, 3.63) is 70.8 Å². The van der Waals surface area contributed by atoms with Gasteiger partial charge in [-0.05, 0) is 63.2 Å². The Morgan fingerprint density at radius 2 is 1.43 bits per heavy atom. The van der Waals surface area contributed by atoms with E-state index in [0.717, 1.165) is 19.3 Å². The standard InChI is InChI=1S/C37H55N3O4/c1-34(2,3)26-14-10-24(11-15-26)31(25-12-16-27(17-13-25)35(4,5)6)30-18-29(21-38-30)44-33(43)39-23-37(9)20-28(40-32(41)42)19-36(7,8)22-37/h10-17,28-31,38,40H,18-23H2,1-9H3,(H,39,43)(H,41,42). The Labute approximate surface area is 264 Å². The fourth-order valence-electron chi connectivity index (χ4n) is 7.64. The smallest absolute Gasteiger partial charge is 0.407 e. The molecule has 2 aliphatic rings. The van der Waals surface area contributed by atoms with Crippen LogP contribution in [-0.4, -0.2) is 48.6 Å². The van der Waals surface area contributed by atoms with E-state index in [2.05, 4.69) is 127 Å². The molecule has 4 atom stereocenters. The van der Waals surface area contributed by atoms with E-state index in [1.165, 1.54) is 22.3 Å². The third-order valence-electron chi connectivity index (χ3n) is 9.50. The maximum atomic E-state index is 13.0. The molecular weight excluding hydrogens is 550 g/mol. The summed E-state index contributed by atoms with van der Waals surface area (Å²) >= 11 is 0. The van der Waals surface area contributed by atoms with Gasteiger partial charge in [0.25, 0.3) is 0 Å². The second-order valence-electron chi connectivity index (χ2n) is 16.6. The Hall–Kier alpha value is -3.06. The molecule has 242 valence electrons. The summed E-state index contributed by atoms with van der Waals surface area (Å²) in [6, 6.07) is 18.0. The van der Waals surface area contributed by atoms with Gasteiger partial charge in [0.1, 0.15) is 6.10 Å². The highest BCUT2D eigenvalue weighted by atomic mass is 16.6. The Morgan fingerprint density at radius 1 is 0.909 bits per heavy atom. The largest absolute Gasteiger partial charge is 0.465 e. The maximum Gasteiger partial charge on any atom is 0.407 e. The Balaban J connectivity index is 1.44. The number of carbonyl (C=O) groups is 2. The number of nitrogens with one attached hydrogen (secondary N) is 3. The first-order valence-electron chi connectivity index (χ1n) is 16.2. The molecule has 44 heavy (non-hydrogen) atoms. The van der Waals surface area contributed by atoms with E-state index < -0.39 is 12.2 Å². The molecule has 1 aliphatic heterocycles. The van der Waals surface area contributed by atoms with Crippen molar-refractivity contribution >= 4 is 12.2 Å². The first-order chi connectivity index (χ1) is 20.3. The average Bonchev–Trinajstić information content (AvgIpc) is 3.33. The van der Waals surface area contributed by atoms with Crippen molar-refractivity contribution in [2.24, 2.45) is 10.8 Å². The average molecular weight is 606 g/mol. The van der Waals surface area contributed by atoms with E-state index >= 15 is 0 Å². The molecule has 2 aromatic rings. The number of hydrogen-bond acceptors (Lipinski definition) is 4. The van der Waals surface area contributed by atoms with Gasteiger partial charge in [0.2, 0.25) is 0 Å². The molecule has 2 amide bonds. The van der Waals surface area contributed by atoms with Gasteiger partial charge >= 0.3 is 12.2 Å². The minimum absolute atomic E-state index is 0.0283.